The largest absolute Gasteiger partial charge is 0.497 e. The quantitative estimate of drug-likeness (QED) is 0.775. The second kappa shape index (κ2) is 8.29. The molecule has 1 amide bonds. The van der Waals surface area contributed by atoms with Gasteiger partial charge in [-0.1, -0.05) is 11.6 Å². The Morgan fingerprint density at radius 2 is 1.77 bits per heavy atom. The molecule has 2 rings (SSSR count). The fourth-order valence-corrected chi connectivity index (χ4v) is 3.34. The van der Waals surface area contributed by atoms with Crippen LogP contribution >= 0.6 is 11.6 Å². The average molecular weight is 399 g/mol. The van der Waals surface area contributed by atoms with Gasteiger partial charge in [-0.2, -0.15) is 0 Å². The molecule has 0 aliphatic heterocycles. The topological polar surface area (TPSA) is 84.9 Å². The second-order valence-electron chi connectivity index (χ2n) is 5.37. The van der Waals surface area contributed by atoms with Gasteiger partial charge in [-0.05, 0) is 42.5 Å². The number of sulfonamides is 1. The van der Waals surface area contributed by atoms with Crippen LogP contribution in [-0.2, 0) is 14.8 Å². The van der Waals surface area contributed by atoms with Crippen molar-refractivity contribution >= 4 is 38.9 Å². The van der Waals surface area contributed by atoms with Gasteiger partial charge in [-0.25, -0.2) is 8.42 Å². The molecule has 0 heterocycles. The van der Waals surface area contributed by atoms with Crippen molar-refractivity contribution in [1.82, 2.24) is 0 Å². The van der Waals surface area contributed by atoms with Gasteiger partial charge in [0, 0.05) is 5.69 Å². The number of nitrogens with one attached hydrogen (secondary N) is 1. The highest BCUT2D eigenvalue weighted by Crippen LogP contribution is 2.27. The second-order valence-corrected chi connectivity index (χ2v) is 7.68. The summed E-state index contributed by atoms with van der Waals surface area (Å²) in [6.45, 7) is -0.380. The molecule has 26 heavy (non-hydrogen) atoms. The monoisotopic (exact) mass is 398 g/mol. The summed E-state index contributed by atoms with van der Waals surface area (Å²) < 4.78 is 35.3. The molecule has 0 aliphatic rings. The Hall–Kier alpha value is -2.45. The summed E-state index contributed by atoms with van der Waals surface area (Å²) in [5.74, 6) is 0.549. The number of methoxy groups -OCH3 is 2. The molecule has 0 atom stereocenters. The van der Waals surface area contributed by atoms with Crippen molar-refractivity contribution in [2.45, 2.75) is 0 Å². The summed E-state index contributed by atoms with van der Waals surface area (Å²) in [5.41, 5.74) is 0.792. The Bertz CT molecular complexity index is 885. The third-order valence-electron chi connectivity index (χ3n) is 3.48. The lowest BCUT2D eigenvalue weighted by atomic mass is 10.3. The van der Waals surface area contributed by atoms with E-state index in [1.165, 1.54) is 20.3 Å². The molecule has 0 bridgehead atoms. The van der Waals surface area contributed by atoms with Crippen molar-refractivity contribution in [3.8, 4) is 11.5 Å². The molecule has 9 heteroatoms. The Morgan fingerprint density at radius 1 is 1.12 bits per heavy atom. The number of benzene rings is 2. The molecule has 0 fully saturated rings. The highest BCUT2D eigenvalue weighted by atomic mass is 35.5. The first kappa shape index (κ1) is 19.9. The molecule has 0 aromatic heterocycles. The summed E-state index contributed by atoms with van der Waals surface area (Å²) in [7, 11) is -0.663. The minimum Gasteiger partial charge on any atom is -0.497 e. The number of carbonyl (C=O) groups excluding carboxylic acids is 1. The van der Waals surface area contributed by atoms with Crippen molar-refractivity contribution in [1.29, 1.82) is 0 Å². The molecule has 0 unspecified atom stereocenters. The van der Waals surface area contributed by atoms with Gasteiger partial charge in [0.25, 0.3) is 0 Å². The number of hydrogen-bond acceptors (Lipinski definition) is 5. The Labute approximate surface area is 157 Å². The average Bonchev–Trinajstić information content (AvgIpc) is 2.59. The van der Waals surface area contributed by atoms with Crippen molar-refractivity contribution in [3.05, 3.63) is 47.5 Å². The molecule has 0 saturated heterocycles. The third-order valence-corrected chi connectivity index (χ3v) is 4.92. The van der Waals surface area contributed by atoms with E-state index in [9.17, 15) is 13.2 Å². The standard InChI is InChI=1S/C17H19ClN2O5S/c1-24-14-7-5-13(6-8-14)20(26(3,22)23)11-17(21)19-12-4-9-16(25-2)15(18)10-12/h4-10H,11H2,1-3H3,(H,19,21). The first-order chi connectivity index (χ1) is 12.2. The van der Waals surface area contributed by atoms with Crippen LogP contribution in [0.4, 0.5) is 11.4 Å². The highest BCUT2D eigenvalue weighted by molar-refractivity contribution is 7.92. The summed E-state index contributed by atoms with van der Waals surface area (Å²) in [4.78, 5) is 12.3. The van der Waals surface area contributed by atoms with Crippen molar-refractivity contribution < 1.29 is 22.7 Å². The van der Waals surface area contributed by atoms with Gasteiger partial charge in [0.05, 0.1) is 31.2 Å². The van der Waals surface area contributed by atoms with Crippen LogP contribution in [0.25, 0.3) is 0 Å². The van der Waals surface area contributed by atoms with E-state index in [0.717, 1.165) is 10.6 Å². The Morgan fingerprint density at radius 3 is 2.27 bits per heavy atom. The maximum absolute atomic E-state index is 12.3. The van der Waals surface area contributed by atoms with Gasteiger partial charge < -0.3 is 14.8 Å². The SMILES string of the molecule is COc1ccc(N(CC(=O)Nc2ccc(OC)c(Cl)c2)S(C)(=O)=O)cc1. The van der Waals surface area contributed by atoms with Crippen molar-refractivity contribution in [2.75, 3.05) is 36.6 Å². The van der Waals surface area contributed by atoms with Crippen LogP contribution in [0, 0.1) is 0 Å². The van der Waals surface area contributed by atoms with Crippen LogP contribution in [0.1, 0.15) is 0 Å². The summed E-state index contributed by atoms with van der Waals surface area (Å²) in [6.07, 6.45) is 1.04. The molecule has 0 aliphatic carbocycles. The van der Waals surface area contributed by atoms with E-state index in [2.05, 4.69) is 5.32 Å². The molecule has 1 N–H and O–H groups in total. The lowest BCUT2D eigenvalue weighted by molar-refractivity contribution is -0.114. The fourth-order valence-electron chi connectivity index (χ4n) is 2.22. The summed E-state index contributed by atoms with van der Waals surface area (Å²) in [6, 6.07) is 11.1. The zero-order valence-electron chi connectivity index (χ0n) is 14.5. The fraction of sp³-hybridized carbons (Fsp3) is 0.235. The first-order valence-electron chi connectivity index (χ1n) is 7.49. The summed E-state index contributed by atoms with van der Waals surface area (Å²) in [5, 5.41) is 2.95. The van der Waals surface area contributed by atoms with E-state index >= 15 is 0 Å². The molecule has 0 spiro atoms. The van der Waals surface area contributed by atoms with Crippen LogP contribution < -0.4 is 19.1 Å². The number of hydrogen-bond donors (Lipinski definition) is 1. The molecule has 0 radical (unpaired) electrons. The summed E-state index contributed by atoms with van der Waals surface area (Å²) >= 11 is 6.02. The Kier molecular flexibility index (Phi) is 6.33. The highest BCUT2D eigenvalue weighted by Gasteiger charge is 2.21. The number of carbonyl (C=O) groups is 1. The lowest BCUT2D eigenvalue weighted by Gasteiger charge is -2.22. The number of halogens is 1. The van der Waals surface area contributed by atoms with E-state index in [-0.39, 0.29) is 6.54 Å². The zero-order valence-corrected chi connectivity index (χ0v) is 16.1. The lowest BCUT2D eigenvalue weighted by Crippen LogP contribution is -2.37. The van der Waals surface area contributed by atoms with Crippen LogP contribution in [-0.4, -0.2) is 41.3 Å². The van der Waals surface area contributed by atoms with Gasteiger partial charge in [-0.15, -0.1) is 0 Å². The van der Waals surface area contributed by atoms with Gasteiger partial charge in [0.15, 0.2) is 0 Å². The van der Waals surface area contributed by atoms with Gasteiger partial charge in [-0.3, -0.25) is 9.10 Å². The van der Waals surface area contributed by atoms with E-state index in [0.29, 0.717) is 27.9 Å². The van der Waals surface area contributed by atoms with Gasteiger partial charge in [0.2, 0.25) is 15.9 Å². The molecule has 7 nitrogen and oxygen atoms in total. The van der Waals surface area contributed by atoms with E-state index in [1.807, 2.05) is 0 Å². The number of amides is 1. The van der Waals surface area contributed by atoms with E-state index in [4.69, 9.17) is 21.1 Å². The number of ether oxygens (including phenoxy) is 2. The predicted octanol–water partition coefficient (Wildman–Crippen LogP) is 2.76. The first-order valence-corrected chi connectivity index (χ1v) is 9.72. The van der Waals surface area contributed by atoms with Gasteiger partial charge in [0.1, 0.15) is 18.0 Å². The molecule has 2 aromatic rings. The number of rotatable bonds is 7. The van der Waals surface area contributed by atoms with Crippen molar-refractivity contribution in [3.63, 3.8) is 0 Å². The maximum atomic E-state index is 12.3. The predicted molar refractivity (Wildman–Crippen MR) is 102 cm³/mol. The number of nitrogens with zero attached hydrogens (tertiary/aromatic N) is 1. The van der Waals surface area contributed by atoms with E-state index < -0.39 is 15.9 Å². The molecular formula is C17H19ClN2O5S. The Balaban J connectivity index is 2.17. The third kappa shape index (κ3) is 5.03. The molecule has 140 valence electrons. The minimum absolute atomic E-state index is 0.334. The van der Waals surface area contributed by atoms with Crippen molar-refractivity contribution in [2.24, 2.45) is 0 Å². The minimum atomic E-state index is -3.66. The maximum Gasteiger partial charge on any atom is 0.245 e. The molecule has 0 saturated carbocycles. The van der Waals surface area contributed by atoms with Crippen LogP contribution in [0.15, 0.2) is 42.5 Å². The van der Waals surface area contributed by atoms with E-state index in [1.54, 1.807) is 36.4 Å². The van der Waals surface area contributed by atoms with Crippen LogP contribution in [0.5, 0.6) is 11.5 Å². The number of anilines is 2. The van der Waals surface area contributed by atoms with Crippen LogP contribution in [0.2, 0.25) is 5.02 Å². The zero-order chi connectivity index (χ0) is 19.3. The smallest absolute Gasteiger partial charge is 0.245 e. The normalized spacial score (nSPS) is 10.9. The molecular weight excluding hydrogens is 380 g/mol. The molecule has 2 aromatic carbocycles. The van der Waals surface area contributed by atoms with Crippen LogP contribution in [0.3, 0.4) is 0 Å². The van der Waals surface area contributed by atoms with Gasteiger partial charge >= 0.3 is 0 Å².